The highest BCUT2D eigenvalue weighted by atomic mass is 79.9. The lowest BCUT2D eigenvalue weighted by Crippen LogP contribution is -2.30. The fourth-order valence-electron chi connectivity index (χ4n) is 2.42. The van der Waals surface area contributed by atoms with Crippen molar-refractivity contribution in [2.24, 2.45) is 0 Å². The Bertz CT molecular complexity index is 381. The van der Waals surface area contributed by atoms with Crippen LogP contribution in [-0.2, 0) is 0 Å². The van der Waals surface area contributed by atoms with Gasteiger partial charge in [0.2, 0.25) is 0 Å². The van der Waals surface area contributed by atoms with Crippen LogP contribution in [0.2, 0.25) is 0 Å². The number of nitrogens with zero attached hydrogens (tertiary/aromatic N) is 3. The summed E-state index contributed by atoms with van der Waals surface area (Å²) in [6.45, 7) is 5.18. The van der Waals surface area contributed by atoms with Crippen LogP contribution >= 0.6 is 15.9 Å². The highest BCUT2D eigenvalue weighted by Gasteiger charge is 2.25. The van der Waals surface area contributed by atoms with Gasteiger partial charge in [0.05, 0.1) is 17.6 Å². The predicted molar refractivity (Wildman–Crippen MR) is 74.9 cm³/mol. The number of alkyl halides is 1. The van der Waals surface area contributed by atoms with Crippen molar-refractivity contribution in [3.63, 3.8) is 0 Å². The summed E-state index contributed by atoms with van der Waals surface area (Å²) in [6.07, 6.45) is 6.98. The molecule has 0 aromatic carbocycles. The van der Waals surface area contributed by atoms with Crippen LogP contribution < -0.4 is 4.90 Å². The third-order valence-corrected chi connectivity index (χ3v) is 4.08. The molecule has 2 heterocycles. The average molecular weight is 298 g/mol. The normalized spacial score (nSPS) is 19.9. The van der Waals surface area contributed by atoms with Crippen molar-refractivity contribution in [3.05, 3.63) is 17.6 Å². The molecule has 0 aliphatic carbocycles. The minimum absolute atomic E-state index is 0.656. The van der Waals surface area contributed by atoms with Gasteiger partial charge in [0.25, 0.3) is 0 Å². The summed E-state index contributed by atoms with van der Waals surface area (Å²) in [7, 11) is 0. The van der Waals surface area contributed by atoms with E-state index in [1.165, 1.54) is 25.7 Å². The highest BCUT2D eigenvalue weighted by Crippen LogP contribution is 2.26. The monoisotopic (exact) mass is 297 g/mol. The molecule has 1 unspecified atom stereocenters. The first-order valence-corrected chi connectivity index (χ1v) is 7.47. The molecule has 94 valence electrons. The second kappa shape index (κ2) is 5.80. The van der Waals surface area contributed by atoms with E-state index in [1.54, 1.807) is 0 Å². The van der Waals surface area contributed by atoms with Gasteiger partial charge in [-0.3, -0.25) is 4.98 Å². The third kappa shape index (κ3) is 2.97. The van der Waals surface area contributed by atoms with Gasteiger partial charge in [-0.2, -0.15) is 0 Å². The van der Waals surface area contributed by atoms with Crippen LogP contribution in [0.15, 0.2) is 6.20 Å². The summed E-state index contributed by atoms with van der Waals surface area (Å²) in [4.78, 5) is 11.5. The molecule has 17 heavy (non-hydrogen) atoms. The van der Waals surface area contributed by atoms with Crippen molar-refractivity contribution >= 4 is 21.7 Å². The summed E-state index contributed by atoms with van der Waals surface area (Å²) < 4.78 is 0. The number of halogens is 1. The van der Waals surface area contributed by atoms with Crippen LogP contribution in [0.1, 0.15) is 37.1 Å². The van der Waals surface area contributed by atoms with E-state index in [0.29, 0.717) is 6.04 Å². The molecule has 1 atom stereocenters. The smallest absolute Gasteiger partial charge is 0.147 e. The Balaban J connectivity index is 2.11. The Kier molecular flexibility index (Phi) is 4.37. The molecule has 0 saturated carbocycles. The lowest BCUT2D eigenvalue weighted by atomic mass is 10.1. The van der Waals surface area contributed by atoms with Crippen molar-refractivity contribution in [2.75, 3.05) is 16.8 Å². The fraction of sp³-hybridized carbons (Fsp3) is 0.692. The summed E-state index contributed by atoms with van der Waals surface area (Å²) >= 11 is 3.51. The van der Waals surface area contributed by atoms with Gasteiger partial charge in [0.1, 0.15) is 5.82 Å². The number of hydrogen-bond acceptors (Lipinski definition) is 3. The van der Waals surface area contributed by atoms with E-state index in [1.807, 2.05) is 20.0 Å². The SMILES string of the molecule is Cc1ncc(N2CCCC2CCCBr)nc1C. The molecule has 1 aromatic rings. The Morgan fingerprint density at radius 2 is 2.24 bits per heavy atom. The van der Waals surface area contributed by atoms with Gasteiger partial charge in [0, 0.05) is 17.9 Å². The average Bonchev–Trinajstić information content (AvgIpc) is 2.78. The first-order chi connectivity index (χ1) is 8.22. The summed E-state index contributed by atoms with van der Waals surface area (Å²) in [6, 6.07) is 0.656. The molecule has 3 nitrogen and oxygen atoms in total. The minimum Gasteiger partial charge on any atom is -0.352 e. The standard InChI is InChI=1S/C13H20BrN3/c1-10-11(2)16-13(9-15-10)17-8-4-6-12(17)5-3-7-14/h9,12H,3-8H2,1-2H3. The van der Waals surface area contributed by atoms with Crippen molar-refractivity contribution < 1.29 is 0 Å². The zero-order valence-electron chi connectivity index (χ0n) is 10.6. The third-order valence-electron chi connectivity index (χ3n) is 3.52. The first-order valence-electron chi connectivity index (χ1n) is 6.35. The van der Waals surface area contributed by atoms with Crippen molar-refractivity contribution in [1.29, 1.82) is 0 Å². The largest absolute Gasteiger partial charge is 0.352 e. The molecular formula is C13H20BrN3. The Labute approximate surface area is 112 Å². The van der Waals surface area contributed by atoms with E-state index >= 15 is 0 Å². The van der Waals surface area contributed by atoms with E-state index in [-0.39, 0.29) is 0 Å². The van der Waals surface area contributed by atoms with E-state index < -0.39 is 0 Å². The molecule has 0 radical (unpaired) electrons. The second-order valence-corrected chi connectivity index (χ2v) is 5.51. The molecule has 0 bridgehead atoms. The zero-order valence-corrected chi connectivity index (χ0v) is 12.2. The van der Waals surface area contributed by atoms with Gasteiger partial charge in [-0.25, -0.2) is 4.98 Å². The molecule has 0 N–H and O–H groups in total. The van der Waals surface area contributed by atoms with Gasteiger partial charge in [0.15, 0.2) is 0 Å². The molecule has 0 spiro atoms. The van der Waals surface area contributed by atoms with E-state index in [2.05, 4.69) is 30.8 Å². The first kappa shape index (κ1) is 12.8. The number of hydrogen-bond donors (Lipinski definition) is 0. The molecule has 4 heteroatoms. The quantitative estimate of drug-likeness (QED) is 0.799. The van der Waals surface area contributed by atoms with Gasteiger partial charge in [-0.1, -0.05) is 15.9 Å². The maximum Gasteiger partial charge on any atom is 0.147 e. The number of anilines is 1. The van der Waals surface area contributed by atoms with Crippen molar-refractivity contribution in [1.82, 2.24) is 9.97 Å². The van der Waals surface area contributed by atoms with Crippen LogP contribution in [0, 0.1) is 13.8 Å². The van der Waals surface area contributed by atoms with E-state index in [9.17, 15) is 0 Å². The van der Waals surface area contributed by atoms with Crippen molar-refractivity contribution in [2.45, 2.75) is 45.6 Å². The Hall–Kier alpha value is -0.640. The van der Waals surface area contributed by atoms with Crippen LogP contribution in [0.25, 0.3) is 0 Å². The predicted octanol–water partition coefficient (Wildman–Crippen LogP) is 3.24. The molecule has 1 fully saturated rings. The van der Waals surface area contributed by atoms with Gasteiger partial charge < -0.3 is 4.90 Å². The second-order valence-electron chi connectivity index (χ2n) is 4.72. The van der Waals surface area contributed by atoms with Crippen LogP contribution in [0.3, 0.4) is 0 Å². The van der Waals surface area contributed by atoms with Gasteiger partial charge >= 0.3 is 0 Å². The zero-order chi connectivity index (χ0) is 12.3. The summed E-state index contributed by atoms with van der Waals surface area (Å²) in [5.41, 5.74) is 2.08. The molecule has 1 saturated heterocycles. The molecule has 2 rings (SSSR count). The maximum atomic E-state index is 4.66. The summed E-state index contributed by atoms with van der Waals surface area (Å²) in [5, 5.41) is 1.09. The topological polar surface area (TPSA) is 29.0 Å². The Morgan fingerprint density at radius 3 is 2.94 bits per heavy atom. The van der Waals surface area contributed by atoms with Crippen LogP contribution in [0.5, 0.6) is 0 Å². The molecular weight excluding hydrogens is 278 g/mol. The lowest BCUT2D eigenvalue weighted by molar-refractivity contribution is 0.599. The number of rotatable bonds is 4. The maximum absolute atomic E-state index is 4.66. The van der Waals surface area contributed by atoms with Crippen LogP contribution in [0.4, 0.5) is 5.82 Å². The van der Waals surface area contributed by atoms with Gasteiger partial charge in [-0.15, -0.1) is 0 Å². The molecule has 1 aliphatic rings. The van der Waals surface area contributed by atoms with Gasteiger partial charge in [-0.05, 0) is 39.5 Å². The van der Waals surface area contributed by atoms with E-state index in [4.69, 9.17) is 0 Å². The molecule has 0 amide bonds. The number of aromatic nitrogens is 2. The summed E-state index contributed by atoms with van der Waals surface area (Å²) in [5.74, 6) is 1.06. The molecule has 1 aromatic heterocycles. The Morgan fingerprint density at radius 1 is 1.41 bits per heavy atom. The van der Waals surface area contributed by atoms with E-state index in [0.717, 1.165) is 29.1 Å². The minimum atomic E-state index is 0.656. The lowest BCUT2D eigenvalue weighted by Gasteiger charge is -2.25. The number of aryl methyl sites for hydroxylation is 2. The fourth-order valence-corrected chi connectivity index (χ4v) is 2.74. The van der Waals surface area contributed by atoms with Crippen LogP contribution in [-0.4, -0.2) is 27.9 Å². The molecule has 1 aliphatic heterocycles. The highest BCUT2D eigenvalue weighted by molar-refractivity contribution is 9.09. The van der Waals surface area contributed by atoms with Crippen molar-refractivity contribution in [3.8, 4) is 0 Å².